The minimum Gasteiger partial charge on any atom is -0.480 e. The largest absolute Gasteiger partial charge is 0.480 e. The molecule has 20 heavy (non-hydrogen) atoms. The van der Waals surface area contributed by atoms with Gasteiger partial charge in [0.2, 0.25) is 5.91 Å². The number of nitrogens with one attached hydrogen (secondary N) is 1. The Labute approximate surface area is 117 Å². The Bertz CT molecular complexity index is 388. The predicted octanol–water partition coefficient (Wildman–Crippen LogP) is -0.949. The van der Waals surface area contributed by atoms with Crippen molar-refractivity contribution in [1.82, 2.24) is 15.1 Å². The van der Waals surface area contributed by atoms with Gasteiger partial charge in [-0.15, -0.1) is 0 Å². The van der Waals surface area contributed by atoms with Gasteiger partial charge in [-0.2, -0.15) is 0 Å². The predicted molar refractivity (Wildman–Crippen MR) is 72.0 cm³/mol. The number of piperidine rings is 1. The van der Waals surface area contributed by atoms with E-state index in [1.54, 1.807) is 7.05 Å². The number of likely N-dealkylation sites (N-methyl/N-ethyl adjacent to an activating group) is 2. The first-order valence-corrected chi connectivity index (χ1v) is 6.54. The van der Waals surface area contributed by atoms with Crippen molar-refractivity contribution in [2.24, 2.45) is 5.73 Å². The normalized spacial score (nSPS) is 21.0. The lowest BCUT2D eigenvalue weighted by Crippen LogP contribution is -2.54. The van der Waals surface area contributed by atoms with Crippen molar-refractivity contribution in [3.05, 3.63) is 0 Å². The molecule has 0 aromatic rings. The van der Waals surface area contributed by atoms with Crippen molar-refractivity contribution in [2.45, 2.75) is 31.3 Å². The van der Waals surface area contributed by atoms with Gasteiger partial charge in [-0.25, -0.2) is 9.59 Å². The molecule has 1 aliphatic heterocycles. The van der Waals surface area contributed by atoms with Crippen molar-refractivity contribution < 1.29 is 19.5 Å². The van der Waals surface area contributed by atoms with Crippen LogP contribution >= 0.6 is 0 Å². The van der Waals surface area contributed by atoms with E-state index in [-0.39, 0.29) is 6.04 Å². The van der Waals surface area contributed by atoms with E-state index in [0.717, 1.165) is 25.9 Å². The van der Waals surface area contributed by atoms with Crippen molar-refractivity contribution in [2.75, 3.05) is 27.2 Å². The Morgan fingerprint density at radius 2 is 2.15 bits per heavy atom. The molecule has 0 aliphatic carbocycles. The van der Waals surface area contributed by atoms with Gasteiger partial charge in [-0.05, 0) is 26.4 Å². The van der Waals surface area contributed by atoms with Crippen LogP contribution in [0.4, 0.5) is 4.79 Å². The fourth-order valence-corrected chi connectivity index (χ4v) is 2.27. The summed E-state index contributed by atoms with van der Waals surface area (Å²) in [7, 11) is 3.60. The number of carboxylic acids is 1. The Hall–Kier alpha value is -1.83. The summed E-state index contributed by atoms with van der Waals surface area (Å²) in [5.74, 6) is -2.04. The fraction of sp³-hybridized carbons (Fsp3) is 0.750. The Kier molecular flexibility index (Phi) is 5.75. The molecule has 4 N–H and O–H groups in total. The van der Waals surface area contributed by atoms with Gasteiger partial charge < -0.3 is 26.0 Å². The fourth-order valence-electron chi connectivity index (χ4n) is 2.27. The average Bonchev–Trinajstić information content (AvgIpc) is 2.36. The smallest absolute Gasteiger partial charge is 0.326 e. The van der Waals surface area contributed by atoms with E-state index in [0.29, 0.717) is 0 Å². The van der Waals surface area contributed by atoms with Gasteiger partial charge in [0.25, 0.3) is 0 Å². The summed E-state index contributed by atoms with van der Waals surface area (Å²) < 4.78 is 0. The van der Waals surface area contributed by atoms with E-state index >= 15 is 0 Å². The van der Waals surface area contributed by atoms with Crippen LogP contribution in [0.3, 0.4) is 0 Å². The third-order valence-corrected chi connectivity index (χ3v) is 3.47. The summed E-state index contributed by atoms with van der Waals surface area (Å²) in [6, 6.07) is -1.75. The van der Waals surface area contributed by atoms with Gasteiger partial charge in [-0.1, -0.05) is 0 Å². The van der Waals surface area contributed by atoms with Crippen LogP contribution in [0.15, 0.2) is 0 Å². The molecule has 1 saturated heterocycles. The van der Waals surface area contributed by atoms with Crippen LogP contribution in [0.1, 0.15) is 19.3 Å². The number of rotatable bonds is 5. The lowest BCUT2D eigenvalue weighted by Gasteiger charge is -2.36. The zero-order chi connectivity index (χ0) is 15.3. The SMILES string of the molecule is CN1CCCC(N(C)C(=O)N[C@H](CC(N)=O)C(=O)O)C1. The molecule has 0 saturated carbocycles. The maximum atomic E-state index is 12.0. The standard InChI is InChI=1S/C12H22N4O4/c1-15-5-3-4-8(7-15)16(2)12(20)14-9(11(18)19)6-10(13)17/h8-9H,3-7H2,1-2H3,(H2,13,17)(H,14,20)(H,18,19)/t8?,9-/m1/s1. The first kappa shape index (κ1) is 16.2. The van der Waals surface area contributed by atoms with Crippen LogP contribution in [0.25, 0.3) is 0 Å². The second kappa shape index (κ2) is 7.09. The molecule has 8 nitrogen and oxygen atoms in total. The first-order chi connectivity index (χ1) is 9.31. The molecule has 0 aromatic carbocycles. The molecule has 1 heterocycles. The quantitative estimate of drug-likeness (QED) is 0.602. The van der Waals surface area contributed by atoms with Crippen LogP contribution < -0.4 is 11.1 Å². The van der Waals surface area contributed by atoms with E-state index in [2.05, 4.69) is 10.2 Å². The van der Waals surface area contributed by atoms with Gasteiger partial charge >= 0.3 is 12.0 Å². The summed E-state index contributed by atoms with van der Waals surface area (Å²) in [6.07, 6.45) is 1.45. The van der Waals surface area contributed by atoms with Crippen molar-refractivity contribution in [3.63, 3.8) is 0 Å². The third kappa shape index (κ3) is 4.69. The zero-order valence-electron chi connectivity index (χ0n) is 11.8. The van der Waals surface area contributed by atoms with Crippen LogP contribution in [-0.4, -0.2) is 72.1 Å². The molecular weight excluding hydrogens is 264 g/mol. The number of primary amides is 1. The van der Waals surface area contributed by atoms with E-state index in [1.165, 1.54) is 4.90 Å². The topological polar surface area (TPSA) is 116 Å². The van der Waals surface area contributed by atoms with Crippen molar-refractivity contribution >= 4 is 17.9 Å². The number of nitrogens with two attached hydrogens (primary N) is 1. The van der Waals surface area contributed by atoms with Gasteiger partial charge in [-0.3, -0.25) is 4.79 Å². The highest BCUT2D eigenvalue weighted by Gasteiger charge is 2.28. The number of likely N-dealkylation sites (tertiary alicyclic amines) is 1. The summed E-state index contributed by atoms with van der Waals surface area (Å²) in [6.45, 7) is 1.74. The molecule has 2 atom stereocenters. The molecule has 1 fully saturated rings. The third-order valence-electron chi connectivity index (χ3n) is 3.47. The number of amides is 3. The zero-order valence-corrected chi connectivity index (χ0v) is 11.8. The Morgan fingerprint density at radius 3 is 2.65 bits per heavy atom. The maximum absolute atomic E-state index is 12.0. The molecule has 3 amide bonds. The number of carbonyl (C=O) groups is 3. The number of carbonyl (C=O) groups excluding carboxylic acids is 2. The van der Waals surface area contributed by atoms with E-state index in [4.69, 9.17) is 10.8 Å². The summed E-state index contributed by atoms with van der Waals surface area (Å²) in [5.41, 5.74) is 4.97. The molecule has 1 aliphatic rings. The molecule has 114 valence electrons. The maximum Gasteiger partial charge on any atom is 0.326 e. The van der Waals surface area contributed by atoms with Gasteiger partial charge in [0.1, 0.15) is 6.04 Å². The number of carboxylic acid groups (broad SMARTS) is 1. The molecule has 0 radical (unpaired) electrons. The average molecular weight is 286 g/mol. The highest BCUT2D eigenvalue weighted by molar-refractivity contribution is 5.87. The van der Waals surface area contributed by atoms with Crippen LogP contribution in [0, 0.1) is 0 Å². The lowest BCUT2D eigenvalue weighted by molar-refractivity contribution is -0.141. The van der Waals surface area contributed by atoms with Crippen LogP contribution in [-0.2, 0) is 9.59 Å². The first-order valence-electron chi connectivity index (χ1n) is 6.54. The van der Waals surface area contributed by atoms with E-state index < -0.39 is 30.4 Å². The van der Waals surface area contributed by atoms with Gasteiger partial charge in [0.15, 0.2) is 0 Å². The molecule has 1 rings (SSSR count). The van der Waals surface area contributed by atoms with E-state index in [9.17, 15) is 14.4 Å². The second-order valence-electron chi connectivity index (χ2n) is 5.18. The number of nitrogens with zero attached hydrogens (tertiary/aromatic N) is 2. The molecule has 8 heteroatoms. The number of hydrogen-bond acceptors (Lipinski definition) is 4. The highest BCUT2D eigenvalue weighted by atomic mass is 16.4. The minimum absolute atomic E-state index is 0.0387. The number of aliphatic carboxylic acids is 1. The second-order valence-corrected chi connectivity index (χ2v) is 5.18. The highest BCUT2D eigenvalue weighted by Crippen LogP contribution is 2.13. The lowest BCUT2D eigenvalue weighted by atomic mass is 10.1. The van der Waals surface area contributed by atoms with Crippen molar-refractivity contribution in [1.29, 1.82) is 0 Å². The summed E-state index contributed by atoms with van der Waals surface area (Å²) in [5, 5.41) is 11.3. The molecule has 1 unspecified atom stereocenters. The molecule has 0 spiro atoms. The van der Waals surface area contributed by atoms with E-state index in [1.807, 2.05) is 7.05 Å². The monoisotopic (exact) mass is 286 g/mol. The van der Waals surface area contributed by atoms with Gasteiger partial charge in [0.05, 0.1) is 6.42 Å². The van der Waals surface area contributed by atoms with Crippen molar-refractivity contribution in [3.8, 4) is 0 Å². The van der Waals surface area contributed by atoms with Crippen LogP contribution in [0.5, 0.6) is 0 Å². The Morgan fingerprint density at radius 1 is 1.50 bits per heavy atom. The van der Waals surface area contributed by atoms with Gasteiger partial charge in [0, 0.05) is 19.6 Å². The summed E-state index contributed by atoms with van der Waals surface area (Å²) in [4.78, 5) is 37.4. The Balaban J connectivity index is 2.58. The molecule has 0 aromatic heterocycles. The molecular formula is C12H22N4O4. The summed E-state index contributed by atoms with van der Waals surface area (Å²) >= 11 is 0. The minimum atomic E-state index is -1.29. The van der Waals surface area contributed by atoms with Crippen LogP contribution in [0.2, 0.25) is 0 Å². The number of hydrogen-bond donors (Lipinski definition) is 3. The molecule has 0 bridgehead atoms. The number of urea groups is 1.